The zero-order chi connectivity index (χ0) is 5.86. The Morgan fingerprint density at radius 3 is 1.86 bits per heavy atom. The summed E-state index contributed by atoms with van der Waals surface area (Å²) in [4.78, 5) is 0. The first-order valence-corrected chi connectivity index (χ1v) is 1.79. The lowest BCUT2D eigenvalue weighted by atomic mass is 10.4. The quantitative estimate of drug-likeness (QED) is 0.411. The SMILES string of the molecule is OCC(O)C(O)F. The Hall–Kier alpha value is -0.190. The molecule has 0 aromatic carbocycles. The molecule has 0 aliphatic carbocycles. The average Bonchev–Trinajstić information content (AvgIpc) is 1.65. The van der Waals surface area contributed by atoms with E-state index in [1.54, 1.807) is 0 Å². The van der Waals surface area contributed by atoms with E-state index in [0.717, 1.165) is 0 Å². The van der Waals surface area contributed by atoms with Gasteiger partial charge in [0.15, 0.2) is 0 Å². The van der Waals surface area contributed by atoms with Crippen molar-refractivity contribution in [2.75, 3.05) is 6.61 Å². The van der Waals surface area contributed by atoms with E-state index in [-0.39, 0.29) is 0 Å². The fraction of sp³-hybridized carbons (Fsp3) is 1.00. The molecule has 44 valence electrons. The lowest BCUT2D eigenvalue weighted by Crippen LogP contribution is -2.24. The summed E-state index contributed by atoms with van der Waals surface area (Å²) in [6.07, 6.45) is -3.98. The second kappa shape index (κ2) is 2.90. The maximum atomic E-state index is 11.2. The number of halogens is 1. The molecule has 0 rings (SSSR count). The molecule has 0 spiro atoms. The van der Waals surface area contributed by atoms with Gasteiger partial charge < -0.3 is 15.3 Å². The van der Waals surface area contributed by atoms with Gasteiger partial charge in [0.2, 0.25) is 6.36 Å². The van der Waals surface area contributed by atoms with E-state index in [9.17, 15) is 4.39 Å². The Morgan fingerprint density at radius 1 is 1.43 bits per heavy atom. The zero-order valence-electron chi connectivity index (χ0n) is 3.58. The highest BCUT2D eigenvalue weighted by molar-refractivity contribution is 4.51. The van der Waals surface area contributed by atoms with Crippen LogP contribution >= 0.6 is 0 Å². The molecule has 7 heavy (non-hydrogen) atoms. The summed E-state index contributed by atoms with van der Waals surface area (Å²) < 4.78 is 11.2. The molecule has 0 heterocycles. The van der Waals surface area contributed by atoms with Crippen LogP contribution < -0.4 is 0 Å². The number of alkyl halides is 1. The molecule has 3 nitrogen and oxygen atoms in total. The third-order valence-electron chi connectivity index (χ3n) is 0.505. The number of aliphatic hydroxyl groups is 3. The molecule has 0 amide bonds. The largest absolute Gasteiger partial charge is 0.393 e. The van der Waals surface area contributed by atoms with Crippen LogP contribution in [0.3, 0.4) is 0 Å². The van der Waals surface area contributed by atoms with Crippen molar-refractivity contribution in [3.8, 4) is 0 Å². The minimum atomic E-state index is -2.33. The maximum Gasteiger partial charge on any atom is 0.224 e. The zero-order valence-corrected chi connectivity index (χ0v) is 3.58. The number of hydrogen-bond acceptors (Lipinski definition) is 3. The van der Waals surface area contributed by atoms with Gasteiger partial charge in [-0.2, -0.15) is 0 Å². The van der Waals surface area contributed by atoms with Gasteiger partial charge in [0, 0.05) is 0 Å². The van der Waals surface area contributed by atoms with Gasteiger partial charge in [-0.25, -0.2) is 4.39 Å². The molecule has 0 aliphatic heterocycles. The van der Waals surface area contributed by atoms with Crippen molar-refractivity contribution in [3.05, 3.63) is 0 Å². The summed E-state index contributed by atoms with van der Waals surface area (Å²) in [5.74, 6) is 0. The first-order chi connectivity index (χ1) is 3.18. The van der Waals surface area contributed by atoms with E-state index in [4.69, 9.17) is 15.3 Å². The first kappa shape index (κ1) is 6.81. The summed E-state index contributed by atoms with van der Waals surface area (Å²) in [5, 5.41) is 23.7. The van der Waals surface area contributed by atoms with Gasteiger partial charge in [0.1, 0.15) is 6.10 Å². The molecule has 0 saturated heterocycles. The van der Waals surface area contributed by atoms with Crippen LogP contribution in [0.2, 0.25) is 0 Å². The summed E-state index contributed by atoms with van der Waals surface area (Å²) >= 11 is 0. The van der Waals surface area contributed by atoms with Gasteiger partial charge in [-0.05, 0) is 0 Å². The third-order valence-corrected chi connectivity index (χ3v) is 0.505. The van der Waals surface area contributed by atoms with Crippen LogP contribution in [-0.4, -0.2) is 34.4 Å². The van der Waals surface area contributed by atoms with E-state index in [0.29, 0.717) is 0 Å². The van der Waals surface area contributed by atoms with Gasteiger partial charge in [-0.3, -0.25) is 0 Å². The maximum absolute atomic E-state index is 11.2. The van der Waals surface area contributed by atoms with Crippen LogP contribution in [0, 0.1) is 0 Å². The molecule has 0 fully saturated rings. The highest BCUT2D eigenvalue weighted by Gasteiger charge is 2.11. The standard InChI is InChI=1S/C3H7FO3/c4-3(7)2(6)1-5/h2-3,5-7H,1H2. The van der Waals surface area contributed by atoms with E-state index < -0.39 is 19.1 Å². The molecule has 0 bridgehead atoms. The number of aliphatic hydroxyl groups excluding tert-OH is 3. The van der Waals surface area contributed by atoms with Crippen LogP contribution in [0.4, 0.5) is 4.39 Å². The fourth-order valence-corrected chi connectivity index (χ4v) is 0.0870. The first-order valence-electron chi connectivity index (χ1n) is 1.79. The van der Waals surface area contributed by atoms with Crippen LogP contribution in [0.5, 0.6) is 0 Å². The average molecular weight is 110 g/mol. The van der Waals surface area contributed by atoms with Crippen LogP contribution in [0.25, 0.3) is 0 Å². The molecule has 0 aromatic rings. The molecule has 0 aliphatic rings. The molecule has 4 heteroatoms. The van der Waals surface area contributed by atoms with Crippen LogP contribution in [-0.2, 0) is 0 Å². The Labute approximate surface area is 40.0 Å². The predicted octanol–water partition coefficient (Wildman–Crippen LogP) is -1.37. The smallest absolute Gasteiger partial charge is 0.224 e. The normalized spacial score (nSPS) is 18.9. The molecular weight excluding hydrogens is 103 g/mol. The summed E-state index contributed by atoms with van der Waals surface area (Å²) in [6, 6.07) is 0. The van der Waals surface area contributed by atoms with Crippen molar-refractivity contribution < 1.29 is 19.7 Å². The minimum absolute atomic E-state index is 0.752. The Morgan fingerprint density at radius 2 is 1.86 bits per heavy atom. The van der Waals surface area contributed by atoms with E-state index >= 15 is 0 Å². The predicted molar refractivity (Wildman–Crippen MR) is 20.2 cm³/mol. The number of hydrogen-bond donors (Lipinski definition) is 3. The fourth-order valence-electron chi connectivity index (χ4n) is 0.0870. The summed E-state index contributed by atoms with van der Waals surface area (Å²) in [6.45, 7) is -0.752. The van der Waals surface area contributed by atoms with E-state index in [1.807, 2.05) is 0 Å². The lowest BCUT2D eigenvalue weighted by Gasteiger charge is -2.04. The highest BCUT2D eigenvalue weighted by Crippen LogP contribution is 1.90. The van der Waals surface area contributed by atoms with E-state index in [1.165, 1.54) is 0 Å². The molecule has 2 atom stereocenters. The summed E-state index contributed by atoms with van der Waals surface area (Å²) in [7, 11) is 0. The van der Waals surface area contributed by atoms with Gasteiger partial charge in [0.05, 0.1) is 6.61 Å². The third kappa shape index (κ3) is 2.50. The minimum Gasteiger partial charge on any atom is -0.393 e. The van der Waals surface area contributed by atoms with Crippen molar-refractivity contribution in [1.29, 1.82) is 0 Å². The number of rotatable bonds is 2. The monoisotopic (exact) mass is 110 g/mol. The van der Waals surface area contributed by atoms with Crippen LogP contribution in [0.1, 0.15) is 0 Å². The molecule has 0 aromatic heterocycles. The van der Waals surface area contributed by atoms with Crippen molar-refractivity contribution in [3.63, 3.8) is 0 Å². The Bertz CT molecular complexity index is 47.4. The lowest BCUT2D eigenvalue weighted by molar-refractivity contribution is -0.0841. The molecule has 0 saturated carbocycles. The molecule has 0 radical (unpaired) electrons. The van der Waals surface area contributed by atoms with Crippen LogP contribution in [0.15, 0.2) is 0 Å². The Balaban J connectivity index is 3.14. The second-order valence-electron chi connectivity index (χ2n) is 1.12. The van der Waals surface area contributed by atoms with Crippen molar-refractivity contribution in [2.45, 2.75) is 12.5 Å². The summed E-state index contributed by atoms with van der Waals surface area (Å²) in [5.41, 5.74) is 0. The van der Waals surface area contributed by atoms with Crippen molar-refractivity contribution in [2.24, 2.45) is 0 Å². The molecular formula is C3H7FO3. The van der Waals surface area contributed by atoms with Gasteiger partial charge >= 0.3 is 0 Å². The second-order valence-corrected chi connectivity index (χ2v) is 1.12. The topological polar surface area (TPSA) is 60.7 Å². The van der Waals surface area contributed by atoms with Gasteiger partial charge in [0.25, 0.3) is 0 Å². The highest BCUT2D eigenvalue weighted by atomic mass is 19.1. The van der Waals surface area contributed by atoms with Crippen molar-refractivity contribution >= 4 is 0 Å². The van der Waals surface area contributed by atoms with E-state index in [2.05, 4.69) is 0 Å². The molecule has 3 N–H and O–H groups in total. The van der Waals surface area contributed by atoms with Gasteiger partial charge in [-0.1, -0.05) is 0 Å². The van der Waals surface area contributed by atoms with Gasteiger partial charge in [-0.15, -0.1) is 0 Å². The Kier molecular flexibility index (Phi) is 2.82. The molecule has 2 unspecified atom stereocenters. The van der Waals surface area contributed by atoms with Crippen molar-refractivity contribution in [1.82, 2.24) is 0 Å².